The Morgan fingerprint density at radius 2 is 2.45 bits per heavy atom. The molecule has 1 atom stereocenters. The van der Waals surface area contributed by atoms with Gasteiger partial charge >= 0.3 is 0 Å². The van der Waals surface area contributed by atoms with Crippen molar-refractivity contribution in [3.63, 3.8) is 0 Å². The Bertz CT molecular complexity index is 521. The van der Waals surface area contributed by atoms with Gasteiger partial charge in [-0.25, -0.2) is 0 Å². The number of nitrogens with zero attached hydrogens (tertiary/aromatic N) is 3. The van der Waals surface area contributed by atoms with Crippen molar-refractivity contribution in [1.82, 2.24) is 14.7 Å². The molecule has 1 aliphatic carbocycles. The Balaban J connectivity index is 1.84. The minimum atomic E-state index is 0.135. The molecule has 1 aromatic rings. The van der Waals surface area contributed by atoms with Crippen molar-refractivity contribution in [3.05, 3.63) is 29.6 Å². The molecule has 2 aliphatic rings. The van der Waals surface area contributed by atoms with Crippen LogP contribution in [0.4, 0.5) is 0 Å². The van der Waals surface area contributed by atoms with Gasteiger partial charge in [0.2, 0.25) is 5.91 Å². The summed E-state index contributed by atoms with van der Waals surface area (Å²) in [7, 11) is 1.70. The van der Waals surface area contributed by atoms with Gasteiger partial charge in [0.05, 0.1) is 24.9 Å². The first-order chi connectivity index (χ1) is 9.79. The van der Waals surface area contributed by atoms with Crippen LogP contribution in [0.1, 0.15) is 31.4 Å². The summed E-state index contributed by atoms with van der Waals surface area (Å²) in [6.07, 6.45) is 7.83. The van der Waals surface area contributed by atoms with Crippen molar-refractivity contribution in [2.45, 2.75) is 44.8 Å². The molecule has 20 heavy (non-hydrogen) atoms. The first-order valence-corrected chi connectivity index (χ1v) is 7.29. The topological polar surface area (TPSA) is 47.4 Å². The lowest BCUT2D eigenvalue weighted by molar-refractivity contribution is -0.131. The van der Waals surface area contributed by atoms with Gasteiger partial charge in [-0.2, -0.15) is 5.10 Å². The zero-order chi connectivity index (χ0) is 13.9. The van der Waals surface area contributed by atoms with Crippen LogP contribution in [-0.2, 0) is 22.6 Å². The van der Waals surface area contributed by atoms with Crippen molar-refractivity contribution in [3.8, 4) is 0 Å². The molecule has 1 aliphatic heterocycles. The van der Waals surface area contributed by atoms with Gasteiger partial charge < -0.3 is 9.64 Å². The molecule has 5 nitrogen and oxygen atoms in total. The molecule has 0 saturated carbocycles. The van der Waals surface area contributed by atoms with Crippen LogP contribution >= 0.6 is 0 Å². The highest BCUT2D eigenvalue weighted by Gasteiger charge is 2.30. The lowest BCUT2D eigenvalue weighted by Crippen LogP contribution is -2.42. The van der Waals surface area contributed by atoms with E-state index >= 15 is 0 Å². The molecule has 3 rings (SSSR count). The molecule has 0 bridgehead atoms. The molecule has 5 heteroatoms. The molecule has 108 valence electrons. The van der Waals surface area contributed by atoms with Gasteiger partial charge in [0.15, 0.2) is 0 Å². The largest absolute Gasteiger partial charge is 0.383 e. The van der Waals surface area contributed by atoms with E-state index in [1.165, 1.54) is 0 Å². The normalized spacial score (nSPS) is 22.4. The molecular formula is C15H21N3O2. The number of carbonyl (C=O) groups excluding carboxylic acids is 1. The highest BCUT2D eigenvalue weighted by molar-refractivity contribution is 5.94. The van der Waals surface area contributed by atoms with Crippen LogP contribution in [0.15, 0.2) is 23.9 Å². The number of allylic oxidation sites excluding steroid dienone is 1. The lowest BCUT2D eigenvalue weighted by Gasteiger charge is -2.29. The molecule has 0 fully saturated rings. The van der Waals surface area contributed by atoms with Crippen molar-refractivity contribution in [2.75, 3.05) is 13.7 Å². The standard InChI is InChI=1S/C15H21N3O2/c1-20-11-14-7-9-18-13(6-8-16-18)10-17(14)15(19)12-4-2-3-5-12/h4,6,8,14H,2-3,5,7,9-11H2,1H3. The van der Waals surface area contributed by atoms with Crippen molar-refractivity contribution in [1.29, 1.82) is 0 Å². The fourth-order valence-electron chi connectivity index (χ4n) is 3.08. The Morgan fingerprint density at radius 1 is 1.55 bits per heavy atom. The third-order valence-corrected chi connectivity index (χ3v) is 4.19. The summed E-state index contributed by atoms with van der Waals surface area (Å²) in [4.78, 5) is 14.7. The minimum Gasteiger partial charge on any atom is -0.383 e. The Morgan fingerprint density at radius 3 is 3.20 bits per heavy atom. The number of ether oxygens (including phenoxy) is 1. The summed E-state index contributed by atoms with van der Waals surface area (Å²) < 4.78 is 7.31. The molecular weight excluding hydrogens is 254 g/mol. The summed E-state index contributed by atoms with van der Waals surface area (Å²) in [5.41, 5.74) is 2.08. The summed E-state index contributed by atoms with van der Waals surface area (Å²) in [6, 6.07) is 2.13. The SMILES string of the molecule is COCC1CCn2nccc2CN1C(=O)C1=CCCC1. The molecule has 0 saturated heterocycles. The van der Waals surface area contributed by atoms with Crippen molar-refractivity contribution in [2.24, 2.45) is 0 Å². The number of rotatable bonds is 3. The fourth-order valence-corrected chi connectivity index (χ4v) is 3.08. The molecule has 1 amide bonds. The summed E-state index contributed by atoms with van der Waals surface area (Å²) >= 11 is 0. The quantitative estimate of drug-likeness (QED) is 0.844. The average Bonchev–Trinajstić information content (AvgIpc) is 3.10. The van der Waals surface area contributed by atoms with E-state index in [2.05, 4.69) is 11.2 Å². The van der Waals surface area contributed by atoms with E-state index in [0.717, 1.165) is 43.5 Å². The van der Waals surface area contributed by atoms with Crippen LogP contribution in [0.2, 0.25) is 0 Å². The molecule has 1 unspecified atom stereocenters. The van der Waals surface area contributed by atoms with E-state index in [-0.39, 0.29) is 11.9 Å². The summed E-state index contributed by atoms with van der Waals surface area (Å²) in [6.45, 7) is 2.06. The Hall–Kier alpha value is -1.62. The number of aromatic nitrogens is 2. The van der Waals surface area contributed by atoms with Gasteiger partial charge in [-0.05, 0) is 31.7 Å². The molecule has 0 N–H and O–H groups in total. The zero-order valence-electron chi connectivity index (χ0n) is 11.9. The van der Waals surface area contributed by atoms with Gasteiger partial charge in [-0.1, -0.05) is 6.08 Å². The first-order valence-electron chi connectivity index (χ1n) is 7.29. The lowest BCUT2D eigenvalue weighted by atomic mass is 10.1. The number of amides is 1. The predicted molar refractivity (Wildman–Crippen MR) is 75.0 cm³/mol. The number of hydrogen-bond donors (Lipinski definition) is 0. The van der Waals surface area contributed by atoms with Gasteiger partial charge in [-0.15, -0.1) is 0 Å². The van der Waals surface area contributed by atoms with Gasteiger partial charge in [0.1, 0.15) is 0 Å². The third-order valence-electron chi connectivity index (χ3n) is 4.19. The smallest absolute Gasteiger partial charge is 0.250 e. The van der Waals surface area contributed by atoms with Crippen molar-refractivity contribution >= 4 is 5.91 Å². The number of hydrogen-bond acceptors (Lipinski definition) is 3. The summed E-state index contributed by atoms with van der Waals surface area (Å²) in [5, 5.41) is 4.33. The highest BCUT2D eigenvalue weighted by Crippen LogP contribution is 2.24. The van der Waals surface area contributed by atoms with Crippen molar-refractivity contribution < 1.29 is 9.53 Å². The number of fused-ring (bicyclic) bond motifs is 1. The van der Waals surface area contributed by atoms with Crippen LogP contribution in [0, 0.1) is 0 Å². The van der Waals surface area contributed by atoms with Crippen LogP contribution in [-0.4, -0.2) is 40.3 Å². The van der Waals surface area contributed by atoms with E-state index in [1.807, 2.05) is 21.8 Å². The van der Waals surface area contributed by atoms with Crippen LogP contribution in [0.5, 0.6) is 0 Å². The Labute approximate surface area is 119 Å². The molecule has 1 aromatic heterocycles. The third kappa shape index (κ3) is 2.50. The maximum absolute atomic E-state index is 12.7. The molecule has 0 radical (unpaired) electrons. The molecule has 0 spiro atoms. The monoisotopic (exact) mass is 275 g/mol. The number of methoxy groups -OCH3 is 1. The zero-order valence-corrected chi connectivity index (χ0v) is 11.9. The van der Waals surface area contributed by atoms with E-state index in [9.17, 15) is 4.79 Å². The fraction of sp³-hybridized carbons (Fsp3) is 0.600. The predicted octanol–water partition coefficient (Wildman–Crippen LogP) is 1.74. The second kappa shape index (κ2) is 5.79. The molecule has 0 aromatic carbocycles. The second-order valence-electron chi connectivity index (χ2n) is 5.50. The average molecular weight is 275 g/mol. The van der Waals surface area contributed by atoms with E-state index in [4.69, 9.17) is 4.74 Å². The number of aryl methyl sites for hydroxylation is 1. The first kappa shape index (κ1) is 13.4. The van der Waals surface area contributed by atoms with Crippen LogP contribution in [0.25, 0.3) is 0 Å². The Kier molecular flexibility index (Phi) is 3.87. The highest BCUT2D eigenvalue weighted by atomic mass is 16.5. The van der Waals surface area contributed by atoms with E-state index in [1.54, 1.807) is 7.11 Å². The van der Waals surface area contributed by atoms with E-state index in [0.29, 0.717) is 13.2 Å². The van der Waals surface area contributed by atoms with Crippen LogP contribution in [0.3, 0.4) is 0 Å². The van der Waals surface area contributed by atoms with Gasteiger partial charge in [0, 0.05) is 25.4 Å². The second-order valence-corrected chi connectivity index (χ2v) is 5.50. The minimum absolute atomic E-state index is 0.135. The van der Waals surface area contributed by atoms with Gasteiger partial charge in [0.25, 0.3) is 0 Å². The van der Waals surface area contributed by atoms with Crippen LogP contribution < -0.4 is 0 Å². The summed E-state index contributed by atoms with van der Waals surface area (Å²) in [5.74, 6) is 0.180. The maximum Gasteiger partial charge on any atom is 0.250 e. The number of carbonyl (C=O) groups is 1. The van der Waals surface area contributed by atoms with E-state index < -0.39 is 0 Å². The van der Waals surface area contributed by atoms with Gasteiger partial charge in [-0.3, -0.25) is 9.48 Å². The maximum atomic E-state index is 12.7. The molecule has 2 heterocycles.